The molecule has 0 saturated carbocycles. The molecular weight excluding hydrogens is 1960 g/mol. The van der Waals surface area contributed by atoms with Crippen molar-refractivity contribution in [3.05, 3.63) is 173 Å². The lowest BCUT2D eigenvalue weighted by atomic mass is 10.1. The van der Waals surface area contributed by atoms with Gasteiger partial charge < -0.3 is 62.4 Å². The van der Waals surface area contributed by atoms with Gasteiger partial charge in [-0.05, 0) is 117 Å². The first-order valence-corrected chi connectivity index (χ1v) is 59.3. The maximum atomic E-state index is 14.2. The molecule has 0 radical (unpaired) electrons. The highest BCUT2D eigenvalue weighted by Crippen LogP contribution is 2.42. The summed E-state index contributed by atoms with van der Waals surface area (Å²) in [5.74, 6) is 8.01. The molecule has 18 heterocycles. The number of ether oxygens (including phenoxy) is 8. The van der Waals surface area contributed by atoms with E-state index >= 15 is 0 Å². The molecule has 12 aliphatic rings. The van der Waals surface area contributed by atoms with Crippen molar-refractivity contribution >= 4 is 148 Å². The number of anilines is 5. The van der Waals surface area contributed by atoms with E-state index in [-0.39, 0.29) is 51.8 Å². The van der Waals surface area contributed by atoms with Crippen LogP contribution in [0.5, 0.6) is 0 Å². The largest absolute Gasteiger partial charge is 0.379 e. The van der Waals surface area contributed by atoms with Crippen LogP contribution in [0.2, 0.25) is 0 Å². The number of halogens is 1. The van der Waals surface area contributed by atoms with Crippen LogP contribution in [0, 0.1) is 12.7 Å². The first-order chi connectivity index (χ1) is 70.1. The molecule has 770 valence electrons. The van der Waals surface area contributed by atoms with E-state index in [2.05, 4.69) is 156 Å². The smallest absolute Gasteiger partial charge is 0.239 e. The van der Waals surface area contributed by atoms with Crippen LogP contribution in [0.25, 0.3) is 80.8 Å². The molecule has 9 aromatic heterocycles. The summed E-state index contributed by atoms with van der Waals surface area (Å²) in [6.45, 7) is 25.0. The van der Waals surface area contributed by atoms with Gasteiger partial charge in [0.25, 0.3) is 0 Å². The van der Waals surface area contributed by atoms with E-state index in [1.165, 1.54) is 6.07 Å². The lowest BCUT2D eigenvalue weighted by Crippen LogP contribution is -2.44. The minimum absolute atomic E-state index is 0.0627. The second-order valence-corrected chi connectivity index (χ2v) is 51.4. The van der Waals surface area contributed by atoms with Crippen LogP contribution in [0.15, 0.2) is 149 Å². The lowest BCUT2D eigenvalue weighted by Gasteiger charge is -2.34. The predicted molar refractivity (Wildman–Crippen MR) is 569 cm³/mol. The summed E-state index contributed by atoms with van der Waals surface area (Å²) in [7, 11) is -12.1. The summed E-state index contributed by atoms with van der Waals surface area (Å²) in [4.78, 5) is 80.2. The van der Waals surface area contributed by atoms with Crippen molar-refractivity contribution < 1.29 is 63.3 Å². The van der Waals surface area contributed by atoms with Crippen molar-refractivity contribution in [2.75, 3.05) is 207 Å². The highest BCUT2D eigenvalue weighted by Gasteiger charge is 2.36. The highest BCUT2D eigenvalue weighted by molar-refractivity contribution is 7.94. The van der Waals surface area contributed by atoms with Gasteiger partial charge in [0.15, 0.2) is 52.4 Å². The number of rotatable bonds is 18. The lowest BCUT2D eigenvalue weighted by molar-refractivity contribution is 0.0430. The van der Waals surface area contributed by atoms with Crippen LogP contribution < -0.4 is 24.5 Å². The number of para-hydroxylation sites is 1. The Labute approximate surface area is 851 Å². The number of fused-ring (bicyclic) bond motifs is 5. The van der Waals surface area contributed by atoms with E-state index in [0.29, 0.717) is 193 Å². The number of hydrogen-bond acceptors (Lipinski definition) is 38. The van der Waals surface area contributed by atoms with Gasteiger partial charge in [-0.3, -0.25) is 24.5 Å². The number of aromatic nitrogens is 15. The van der Waals surface area contributed by atoms with Gasteiger partial charge in [0, 0.05) is 204 Å². The van der Waals surface area contributed by atoms with Gasteiger partial charge in [0.2, 0.25) is 5.95 Å². The Morgan fingerprint density at radius 3 is 1.03 bits per heavy atom. The Morgan fingerprint density at radius 2 is 0.699 bits per heavy atom. The molecule has 3 aliphatic carbocycles. The second-order valence-electron chi connectivity index (χ2n) is 38.6. The quantitative estimate of drug-likeness (QED) is 0.0770. The van der Waals surface area contributed by atoms with Crippen LogP contribution >= 0.6 is 0 Å². The molecule has 0 amide bonds. The summed E-state index contributed by atoms with van der Waals surface area (Å²) < 4.78 is 146. The summed E-state index contributed by atoms with van der Waals surface area (Å²) in [6, 6.07) is 19.0. The number of nitrogens with zero attached hydrogens (tertiary/aromatic N) is 26. The zero-order valence-corrected chi connectivity index (χ0v) is 88.1. The molecule has 8 saturated heterocycles. The molecule has 146 heavy (non-hydrogen) atoms. The number of morpholine rings is 5. The zero-order chi connectivity index (χ0) is 102. The zero-order valence-electron chi connectivity index (χ0n) is 84.0. The van der Waals surface area contributed by atoms with Crippen LogP contribution in [0.3, 0.4) is 0 Å². The van der Waals surface area contributed by atoms with Crippen LogP contribution in [0.1, 0.15) is 79.1 Å². The molecular formula is C101H121FN26O13S5. The maximum absolute atomic E-state index is 14.2. The third-order valence-electron chi connectivity index (χ3n) is 26.7. The first kappa shape index (κ1) is 103. The highest BCUT2D eigenvalue weighted by atomic mass is 32.2. The van der Waals surface area contributed by atoms with Crippen molar-refractivity contribution in [1.82, 2.24) is 74.3 Å². The Hall–Kier alpha value is -12.0. The Balaban J connectivity index is 0.000000115. The van der Waals surface area contributed by atoms with Crippen molar-refractivity contribution in [3.63, 3.8) is 0 Å². The first-order valence-electron chi connectivity index (χ1n) is 48.7. The topological polar surface area (TPSA) is 435 Å². The van der Waals surface area contributed by atoms with Crippen molar-refractivity contribution in [2.24, 2.45) is 26.8 Å². The molecule has 2 aromatic carbocycles. The SMILES string of the molecule is C[C@@H]1COCCN1c1cc(N=S(C)(=O)C2COC2)nc(-c2cncc3c2C=CC3)n1.C[C@@H]1COCCN1c1cc(N=S(C)(C)=O)nc(-c2cccc3c2N=CC3)n1.C[C@@H]1COCCN1c1cc(N=[S@@](C)(=O)C2COC2)nc(-c2cncc3c2C=CC3)n1.C[C@@H]1COCCN1c1cc(N=[S@](C)(=O)C2COC2)nc(-c2cncc3c2C=CC3)n1.Cc1cc2ncn(-c3nc(N=S(C)(C)=O)cc(N4CCOC[C@H]4C)n3)c2cc1F. The molecule has 0 bridgehead atoms. The van der Waals surface area contributed by atoms with Gasteiger partial charge >= 0.3 is 0 Å². The number of aryl methyl sites for hydroxylation is 1. The molecule has 1 unspecified atom stereocenters. The fourth-order valence-corrected chi connectivity index (χ4v) is 23.3. The fraction of sp³-hybridized carbons (Fsp3) is 0.455. The maximum Gasteiger partial charge on any atom is 0.239 e. The molecule has 8 fully saturated rings. The fourth-order valence-electron chi connectivity index (χ4n) is 18.3. The Bertz CT molecular complexity index is 7210. The summed E-state index contributed by atoms with van der Waals surface area (Å²) in [5.41, 5.74) is 14.0. The number of hydrogen-bond donors (Lipinski definition) is 0. The molecule has 9 aliphatic heterocycles. The molecule has 11 aromatic rings. The summed E-state index contributed by atoms with van der Waals surface area (Å²) in [6.07, 6.45) is 41.9. The Kier molecular flexibility index (Phi) is 30.8. The molecule has 0 N–H and O–H groups in total. The number of aliphatic imine (C=N–C) groups is 1. The minimum atomic E-state index is -2.46. The molecule has 45 heteroatoms. The van der Waals surface area contributed by atoms with Crippen LogP contribution in [-0.4, -0.2) is 330 Å². The monoisotopic (exact) mass is 2080 g/mol. The number of imidazole rings is 1. The third kappa shape index (κ3) is 23.7. The van der Waals surface area contributed by atoms with Gasteiger partial charge in [-0.25, -0.2) is 70.3 Å². The van der Waals surface area contributed by atoms with E-state index in [9.17, 15) is 25.4 Å². The number of pyridine rings is 3. The van der Waals surface area contributed by atoms with Crippen molar-refractivity contribution in [2.45, 2.75) is 113 Å². The van der Waals surface area contributed by atoms with E-state index in [4.69, 9.17) is 72.8 Å². The van der Waals surface area contributed by atoms with Crippen molar-refractivity contribution in [3.8, 4) is 51.5 Å². The standard InChI is InChI=1S/3C21H25N5O3S.C19H23FN6O2S.C19H23N5O2S/c3*1-14-11-28-7-6-26(14)20-8-19(25-30(2,27)16-12-29-13-16)23-21(24-20)18-10-22-9-15-4-3-5-17(15)18;1-12-7-15-16(8-14(12)20)26(11-21-15)19-22-17(24-29(3,4)27)9-18(23-19)25-5-6-28-10-13(25)2;1-13-12-26-10-9-24(13)17-11-16(23-27(2,3)25)21-19(22-17)15-6-4-5-14-7-8-20-18(14)15/h3*3,5,8-10,14,16H,4,6-7,11-13H2,1-2H3;7-9,11,13H,5-6,10H2,1-4H3;4-6,8,11,13H,7,9-10,12H2,1-3H3/t14-,30?;14-,30+;14-,30-;2*13-/m11111/s1. The predicted octanol–water partition coefficient (Wildman–Crippen LogP) is 13.2. The number of benzene rings is 2. The normalized spacial score (nSPS) is 21.2. The molecule has 23 rings (SSSR count). The van der Waals surface area contributed by atoms with Gasteiger partial charge in [0.05, 0.1) is 198 Å². The summed E-state index contributed by atoms with van der Waals surface area (Å²) in [5, 5.41) is -0.188. The van der Waals surface area contributed by atoms with Gasteiger partial charge in [0.1, 0.15) is 41.2 Å². The van der Waals surface area contributed by atoms with E-state index in [1.807, 2.05) is 68.1 Å². The number of allylic oxidation sites excluding steroid dienone is 3. The van der Waals surface area contributed by atoms with Crippen LogP contribution in [0.4, 0.5) is 68.3 Å². The molecule has 0 spiro atoms. The van der Waals surface area contributed by atoms with Crippen molar-refractivity contribution in [1.29, 1.82) is 0 Å². The van der Waals surface area contributed by atoms with Gasteiger partial charge in [-0.1, -0.05) is 48.6 Å². The minimum Gasteiger partial charge on any atom is -0.379 e. The average molecular weight is 2090 g/mol. The Morgan fingerprint density at radius 1 is 0.363 bits per heavy atom. The third-order valence-corrected chi connectivity index (χ3v) is 34.1. The van der Waals surface area contributed by atoms with Gasteiger partial charge in [-0.15, -0.1) is 0 Å². The molecule has 8 atom stereocenters. The summed E-state index contributed by atoms with van der Waals surface area (Å²) >= 11 is 0. The molecule has 39 nitrogen and oxygen atoms in total. The average Bonchev–Trinajstić information content (AvgIpc) is 1.71. The van der Waals surface area contributed by atoms with Gasteiger partial charge in [-0.2, -0.15) is 31.8 Å². The van der Waals surface area contributed by atoms with E-state index < -0.39 is 48.6 Å². The second kappa shape index (κ2) is 43.8. The van der Waals surface area contributed by atoms with E-state index in [1.54, 1.807) is 92.3 Å². The van der Waals surface area contributed by atoms with E-state index in [0.717, 1.165) is 142 Å². The van der Waals surface area contributed by atoms with Crippen LogP contribution in [-0.2, 0) is 112 Å².